The minimum Gasteiger partial charge on any atom is -0.324 e. The van der Waals surface area contributed by atoms with E-state index in [1.165, 1.54) is 17.9 Å². The maximum absolute atomic E-state index is 12.1. The van der Waals surface area contributed by atoms with Gasteiger partial charge in [0.05, 0.1) is 11.2 Å². The Morgan fingerprint density at radius 3 is 2.37 bits per heavy atom. The van der Waals surface area contributed by atoms with Crippen molar-refractivity contribution in [3.05, 3.63) is 11.2 Å². The zero-order chi connectivity index (χ0) is 14.0. The Morgan fingerprint density at radius 2 is 2.00 bits per heavy atom. The Bertz CT molecular complexity index is 492. The van der Waals surface area contributed by atoms with Gasteiger partial charge < -0.3 is 5.73 Å². The number of halogens is 2. The summed E-state index contributed by atoms with van der Waals surface area (Å²) < 4.78 is 27.9. The topological polar surface area (TPSA) is 90.0 Å². The maximum atomic E-state index is 12.1. The van der Waals surface area contributed by atoms with Crippen LogP contribution in [0.5, 0.6) is 0 Å². The molecule has 1 aromatic rings. The summed E-state index contributed by atoms with van der Waals surface area (Å²) in [7, 11) is -2.17. The molecule has 0 aliphatic heterocycles. The molecule has 0 unspecified atom stereocenters. The van der Waals surface area contributed by atoms with Crippen LogP contribution >= 0.6 is 24.0 Å². The third kappa shape index (κ3) is 4.32. The van der Waals surface area contributed by atoms with Gasteiger partial charge in [0, 0.05) is 19.1 Å². The Kier molecular flexibility index (Phi) is 6.77. The molecule has 112 valence electrons. The van der Waals surface area contributed by atoms with Crippen LogP contribution in [-0.4, -0.2) is 30.3 Å². The standard InChI is InChI=1S/C10H19ClN4O2S.ClH/c1-4-10(12,5-2)7-14-18(16,17)9-8(11)6-13-15(9)3;/h6,14H,4-5,7,12H2,1-3H3;1H. The Labute approximate surface area is 125 Å². The fourth-order valence-corrected chi connectivity index (χ4v) is 3.30. The van der Waals surface area contributed by atoms with Crippen LogP contribution in [0.4, 0.5) is 0 Å². The van der Waals surface area contributed by atoms with Gasteiger partial charge in [0.25, 0.3) is 10.0 Å². The number of sulfonamides is 1. The molecule has 0 radical (unpaired) electrons. The van der Waals surface area contributed by atoms with Crippen LogP contribution < -0.4 is 10.5 Å². The van der Waals surface area contributed by atoms with Gasteiger partial charge in [-0.15, -0.1) is 12.4 Å². The maximum Gasteiger partial charge on any atom is 0.259 e. The summed E-state index contributed by atoms with van der Waals surface area (Å²) in [4.78, 5) is 0. The summed E-state index contributed by atoms with van der Waals surface area (Å²) in [6.07, 6.45) is 2.67. The number of hydrogen-bond donors (Lipinski definition) is 2. The van der Waals surface area contributed by atoms with E-state index in [1.54, 1.807) is 0 Å². The number of nitrogens with two attached hydrogens (primary N) is 1. The summed E-state index contributed by atoms with van der Waals surface area (Å²) in [5.41, 5.74) is 5.51. The van der Waals surface area contributed by atoms with Crippen molar-refractivity contribution in [3.63, 3.8) is 0 Å². The van der Waals surface area contributed by atoms with Gasteiger partial charge in [0.15, 0.2) is 5.03 Å². The van der Waals surface area contributed by atoms with Crippen molar-refractivity contribution in [2.45, 2.75) is 37.3 Å². The van der Waals surface area contributed by atoms with Crippen molar-refractivity contribution >= 4 is 34.0 Å². The van der Waals surface area contributed by atoms with Gasteiger partial charge in [-0.2, -0.15) is 5.10 Å². The molecule has 0 bridgehead atoms. The lowest BCUT2D eigenvalue weighted by Gasteiger charge is -2.26. The molecular weight excluding hydrogens is 311 g/mol. The van der Waals surface area contributed by atoms with Gasteiger partial charge in [0.2, 0.25) is 0 Å². The second-order valence-corrected chi connectivity index (χ2v) is 6.40. The fraction of sp³-hybridized carbons (Fsp3) is 0.700. The lowest BCUT2D eigenvalue weighted by Crippen LogP contribution is -2.49. The highest BCUT2D eigenvalue weighted by molar-refractivity contribution is 7.89. The fourth-order valence-electron chi connectivity index (χ4n) is 1.51. The Morgan fingerprint density at radius 1 is 1.47 bits per heavy atom. The minimum absolute atomic E-state index is 0. The molecule has 0 spiro atoms. The molecule has 0 saturated carbocycles. The summed E-state index contributed by atoms with van der Waals surface area (Å²) in [6, 6.07) is 0. The predicted molar refractivity (Wildman–Crippen MR) is 78.2 cm³/mol. The Balaban J connectivity index is 0.00000324. The zero-order valence-electron chi connectivity index (χ0n) is 11.2. The average Bonchev–Trinajstić information content (AvgIpc) is 2.67. The molecule has 0 atom stereocenters. The van der Waals surface area contributed by atoms with Crippen LogP contribution in [0.2, 0.25) is 5.02 Å². The van der Waals surface area contributed by atoms with Crippen LogP contribution in [0.1, 0.15) is 26.7 Å². The average molecular weight is 331 g/mol. The molecule has 9 heteroatoms. The van der Waals surface area contributed by atoms with Crippen LogP contribution in [0, 0.1) is 0 Å². The van der Waals surface area contributed by atoms with E-state index >= 15 is 0 Å². The van der Waals surface area contributed by atoms with E-state index in [0.717, 1.165) is 0 Å². The van der Waals surface area contributed by atoms with Gasteiger partial charge in [-0.25, -0.2) is 13.1 Å². The van der Waals surface area contributed by atoms with Crippen molar-refractivity contribution in [2.24, 2.45) is 12.8 Å². The lowest BCUT2D eigenvalue weighted by atomic mass is 9.95. The number of nitrogens with one attached hydrogen (secondary N) is 1. The first-order chi connectivity index (χ1) is 8.25. The minimum atomic E-state index is -3.69. The molecule has 0 aliphatic carbocycles. The van der Waals surface area contributed by atoms with E-state index < -0.39 is 15.6 Å². The summed E-state index contributed by atoms with van der Waals surface area (Å²) in [6.45, 7) is 4.02. The van der Waals surface area contributed by atoms with Crippen LogP contribution in [0.25, 0.3) is 0 Å². The highest BCUT2D eigenvalue weighted by Crippen LogP contribution is 2.20. The first-order valence-electron chi connectivity index (χ1n) is 5.72. The molecule has 0 amide bonds. The van der Waals surface area contributed by atoms with Gasteiger partial charge in [-0.1, -0.05) is 25.4 Å². The molecular formula is C10H20Cl2N4O2S. The monoisotopic (exact) mass is 330 g/mol. The molecule has 1 aromatic heterocycles. The molecule has 0 saturated heterocycles. The summed E-state index contributed by atoms with van der Waals surface area (Å²) >= 11 is 5.81. The van der Waals surface area contributed by atoms with Crippen molar-refractivity contribution in [3.8, 4) is 0 Å². The molecule has 19 heavy (non-hydrogen) atoms. The van der Waals surface area contributed by atoms with Crippen LogP contribution in [0.15, 0.2) is 11.2 Å². The number of nitrogens with zero attached hydrogens (tertiary/aromatic N) is 2. The largest absolute Gasteiger partial charge is 0.324 e. The first-order valence-corrected chi connectivity index (χ1v) is 7.58. The van der Waals surface area contributed by atoms with E-state index in [4.69, 9.17) is 17.3 Å². The van der Waals surface area contributed by atoms with E-state index in [2.05, 4.69) is 9.82 Å². The second kappa shape index (κ2) is 6.90. The molecule has 0 fully saturated rings. The van der Waals surface area contributed by atoms with Crippen molar-refractivity contribution < 1.29 is 8.42 Å². The molecule has 1 heterocycles. The highest BCUT2D eigenvalue weighted by atomic mass is 35.5. The van der Waals surface area contributed by atoms with E-state index in [1.807, 2.05) is 13.8 Å². The SMILES string of the molecule is CCC(N)(CC)CNS(=O)(=O)c1c(Cl)cnn1C.Cl. The molecule has 0 aromatic carbocycles. The first kappa shape index (κ1) is 18.7. The zero-order valence-corrected chi connectivity index (χ0v) is 13.6. The van der Waals surface area contributed by atoms with Crippen molar-refractivity contribution in [2.75, 3.05) is 6.54 Å². The molecule has 3 N–H and O–H groups in total. The lowest BCUT2D eigenvalue weighted by molar-refractivity contribution is 0.391. The third-order valence-corrected chi connectivity index (χ3v) is 5.03. The molecule has 0 aliphatic rings. The number of aryl methyl sites for hydroxylation is 1. The second-order valence-electron chi connectivity index (χ2n) is 4.32. The van der Waals surface area contributed by atoms with Crippen molar-refractivity contribution in [1.82, 2.24) is 14.5 Å². The summed E-state index contributed by atoms with van der Waals surface area (Å²) in [5, 5.41) is 3.86. The van der Waals surface area contributed by atoms with Gasteiger partial charge in [0.1, 0.15) is 0 Å². The van der Waals surface area contributed by atoms with Crippen molar-refractivity contribution in [1.29, 1.82) is 0 Å². The quantitative estimate of drug-likeness (QED) is 0.822. The van der Waals surface area contributed by atoms with E-state index in [9.17, 15) is 8.42 Å². The Hall–Kier alpha value is -0.340. The normalized spacial score (nSPS) is 12.3. The number of hydrogen-bond acceptors (Lipinski definition) is 4. The molecule has 6 nitrogen and oxygen atoms in total. The number of aromatic nitrogens is 2. The smallest absolute Gasteiger partial charge is 0.259 e. The van der Waals surface area contributed by atoms with E-state index in [-0.39, 0.29) is 29.0 Å². The van der Waals surface area contributed by atoms with Gasteiger partial charge in [-0.05, 0) is 12.8 Å². The van der Waals surface area contributed by atoms with Gasteiger partial charge in [-0.3, -0.25) is 4.68 Å². The molecule has 1 rings (SSSR count). The van der Waals surface area contributed by atoms with Crippen LogP contribution in [-0.2, 0) is 17.1 Å². The summed E-state index contributed by atoms with van der Waals surface area (Å²) in [5.74, 6) is 0. The third-order valence-electron chi connectivity index (χ3n) is 3.12. The predicted octanol–water partition coefficient (Wildman–Crippen LogP) is 1.29. The van der Waals surface area contributed by atoms with Gasteiger partial charge >= 0.3 is 0 Å². The van der Waals surface area contributed by atoms with Crippen LogP contribution in [0.3, 0.4) is 0 Å². The highest BCUT2D eigenvalue weighted by Gasteiger charge is 2.27. The number of rotatable bonds is 6. The van der Waals surface area contributed by atoms with E-state index in [0.29, 0.717) is 12.8 Å².